The fraction of sp³-hybridized carbons (Fsp3) is 0.312. The van der Waals surface area contributed by atoms with Gasteiger partial charge in [0.2, 0.25) is 0 Å². The summed E-state index contributed by atoms with van der Waals surface area (Å²) in [6.07, 6.45) is 1.39. The molecule has 9 heteroatoms. The first-order valence-corrected chi connectivity index (χ1v) is 8.91. The Kier molecular flexibility index (Phi) is 6.12. The van der Waals surface area contributed by atoms with Gasteiger partial charge in [0.1, 0.15) is 6.04 Å². The second kappa shape index (κ2) is 7.92. The molecule has 0 unspecified atom stereocenters. The van der Waals surface area contributed by atoms with Gasteiger partial charge in [0, 0.05) is 10.0 Å². The van der Waals surface area contributed by atoms with Gasteiger partial charge in [-0.05, 0) is 43.8 Å². The maximum atomic E-state index is 12.5. The van der Waals surface area contributed by atoms with Gasteiger partial charge >= 0.3 is 5.97 Å². The standard InChI is InChI=1S/C16H16BrNO6S/c1-4-24-11-7-10(17)5-9(13(11)19)6-12-14(20)18(16(22)25-12)8(2)15(21)23-3/h5-8,19H,4H2,1-3H3/b12-6+/t8-/m1/s1. The summed E-state index contributed by atoms with van der Waals surface area (Å²) >= 11 is 4.00. The molecule has 1 heterocycles. The van der Waals surface area contributed by atoms with E-state index >= 15 is 0 Å². The zero-order valence-electron chi connectivity index (χ0n) is 13.7. The second-order valence-electron chi connectivity index (χ2n) is 5.03. The van der Waals surface area contributed by atoms with Gasteiger partial charge in [-0.15, -0.1) is 0 Å². The van der Waals surface area contributed by atoms with Crippen LogP contribution in [0, 0.1) is 0 Å². The third-order valence-electron chi connectivity index (χ3n) is 3.41. The van der Waals surface area contributed by atoms with Crippen molar-refractivity contribution in [3.8, 4) is 11.5 Å². The van der Waals surface area contributed by atoms with Crippen molar-refractivity contribution in [2.45, 2.75) is 19.9 Å². The molecule has 1 aromatic rings. The van der Waals surface area contributed by atoms with Crippen LogP contribution in [0.1, 0.15) is 19.4 Å². The average molecular weight is 430 g/mol. The van der Waals surface area contributed by atoms with Crippen LogP contribution >= 0.6 is 27.7 Å². The summed E-state index contributed by atoms with van der Waals surface area (Å²) in [7, 11) is 1.18. The molecule has 134 valence electrons. The molecule has 0 aliphatic carbocycles. The largest absolute Gasteiger partial charge is 0.504 e. The van der Waals surface area contributed by atoms with Crippen molar-refractivity contribution >= 4 is 50.9 Å². The molecular formula is C16H16BrNO6S. The van der Waals surface area contributed by atoms with Gasteiger partial charge in [0.15, 0.2) is 11.5 Å². The number of carbonyl (C=O) groups excluding carboxylic acids is 3. The molecule has 1 aromatic carbocycles. The van der Waals surface area contributed by atoms with E-state index in [0.717, 1.165) is 4.90 Å². The van der Waals surface area contributed by atoms with Gasteiger partial charge in [0.25, 0.3) is 11.1 Å². The van der Waals surface area contributed by atoms with Crippen molar-refractivity contribution in [2.24, 2.45) is 0 Å². The van der Waals surface area contributed by atoms with Gasteiger partial charge in [-0.2, -0.15) is 0 Å². The van der Waals surface area contributed by atoms with E-state index in [4.69, 9.17) is 4.74 Å². The van der Waals surface area contributed by atoms with Crippen molar-refractivity contribution in [1.29, 1.82) is 0 Å². The molecule has 0 radical (unpaired) electrons. The number of ether oxygens (including phenoxy) is 2. The van der Waals surface area contributed by atoms with Crippen LogP contribution in [-0.2, 0) is 14.3 Å². The molecule has 1 atom stereocenters. The number of imide groups is 1. The highest BCUT2D eigenvalue weighted by Gasteiger charge is 2.41. The lowest BCUT2D eigenvalue weighted by Gasteiger charge is -2.18. The second-order valence-corrected chi connectivity index (χ2v) is 6.93. The van der Waals surface area contributed by atoms with E-state index in [1.165, 1.54) is 20.1 Å². The molecule has 1 N–H and O–H groups in total. The van der Waals surface area contributed by atoms with E-state index in [1.807, 2.05) is 0 Å². The minimum atomic E-state index is -1.03. The predicted octanol–water partition coefficient (Wildman–Crippen LogP) is 3.15. The number of phenols is 1. The fourth-order valence-electron chi connectivity index (χ4n) is 2.20. The maximum absolute atomic E-state index is 12.5. The number of hydrogen-bond donors (Lipinski definition) is 1. The van der Waals surface area contributed by atoms with Crippen LogP contribution < -0.4 is 4.74 Å². The Morgan fingerprint density at radius 1 is 1.44 bits per heavy atom. The number of thioether (sulfide) groups is 1. The molecule has 1 aliphatic heterocycles. The number of benzene rings is 1. The number of nitrogens with zero attached hydrogens (tertiary/aromatic N) is 1. The lowest BCUT2D eigenvalue weighted by Crippen LogP contribution is -2.42. The molecule has 0 bridgehead atoms. The quantitative estimate of drug-likeness (QED) is 0.567. The smallest absolute Gasteiger partial charge is 0.328 e. The molecule has 0 spiro atoms. The van der Waals surface area contributed by atoms with Crippen molar-refractivity contribution in [1.82, 2.24) is 4.90 Å². The van der Waals surface area contributed by atoms with Crippen molar-refractivity contribution in [3.63, 3.8) is 0 Å². The summed E-state index contributed by atoms with van der Waals surface area (Å²) in [6, 6.07) is 2.16. The van der Waals surface area contributed by atoms with Crippen LogP contribution in [0.2, 0.25) is 0 Å². The van der Waals surface area contributed by atoms with Gasteiger partial charge in [0.05, 0.1) is 18.6 Å². The molecule has 0 aromatic heterocycles. The number of methoxy groups -OCH3 is 1. The van der Waals surface area contributed by atoms with Gasteiger partial charge in [-0.25, -0.2) is 4.79 Å². The molecule has 2 rings (SSSR count). The SMILES string of the molecule is CCOc1cc(Br)cc(/C=C2/SC(=O)N([C@H](C)C(=O)OC)C2=O)c1O. The Morgan fingerprint density at radius 3 is 2.72 bits per heavy atom. The highest BCUT2D eigenvalue weighted by molar-refractivity contribution is 9.10. The van der Waals surface area contributed by atoms with Crippen molar-refractivity contribution in [3.05, 3.63) is 27.1 Å². The number of halogens is 1. The zero-order chi connectivity index (χ0) is 18.7. The zero-order valence-corrected chi connectivity index (χ0v) is 16.1. The lowest BCUT2D eigenvalue weighted by atomic mass is 10.1. The third kappa shape index (κ3) is 3.98. The van der Waals surface area contributed by atoms with Crippen LogP contribution in [0.3, 0.4) is 0 Å². The number of esters is 1. The van der Waals surface area contributed by atoms with Crippen LogP contribution in [-0.4, -0.2) is 46.9 Å². The van der Waals surface area contributed by atoms with Gasteiger partial charge < -0.3 is 14.6 Å². The third-order valence-corrected chi connectivity index (χ3v) is 4.75. The normalized spacial score (nSPS) is 17.1. The van der Waals surface area contributed by atoms with Crippen LogP contribution in [0.4, 0.5) is 4.79 Å². The lowest BCUT2D eigenvalue weighted by molar-refractivity contribution is -0.148. The maximum Gasteiger partial charge on any atom is 0.328 e. The first-order valence-electron chi connectivity index (χ1n) is 7.30. The molecule has 25 heavy (non-hydrogen) atoms. The number of carbonyl (C=O) groups is 3. The summed E-state index contributed by atoms with van der Waals surface area (Å²) < 4.78 is 10.6. The Hall–Kier alpha value is -2.00. The Morgan fingerprint density at radius 2 is 2.12 bits per heavy atom. The minimum absolute atomic E-state index is 0.0941. The number of phenolic OH excluding ortho intramolecular Hbond substituents is 1. The molecular weight excluding hydrogens is 414 g/mol. The van der Waals surface area contributed by atoms with Crippen LogP contribution in [0.15, 0.2) is 21.5 Å². The molecule has 2 amide bonds. The van der Waals surface area contributed by atoms with Crippen LogP contribution in [0.25, 0.3) is 6.08 Å². The van der Waals surface area contributed by atoms with Crippen LogP contribution in [0.5, 0.6) is 11.5 Å². The monoisotopic (exact) mass is 429 g/mol. The highest BCUT2D eigenvalue weighted by atomic mass is 79.9. The summed E-state index contributed by atoms with van der Waals surface area (Å²) in [6.45, 7) is 3.55. The van der Waals surface area contributed by atoms with E-state index < -0.39 is 23.2 Å². The first-order chi connectivity index (χ1) is 11.8. The van der Waals surface area contributed by atoms with E-state index in [1.54, 1.807) is 19.1 Å². The first kappa shape index (κ1) is 19.3. The molecule has 0 saturated carbocycles. The van der Waals surface area contributed by atoms with E-state index in [2.05, 4.69) is 20.7 Å². The predicted molar refractivity (Wildman–Crippen MR) is 96.3 cm³/mol. The Labute approximate surface area is 157 Å². The fourth-order valence-corrected chi connectivity index (χ4v) is 3.55. The molecule has 7 nitrogen and oxygen atoms in total. The topological polar surface area (TPSA) is 93.1 Å². The van der Waals surface area contributed by atoms with E-state index in [-0.39, 0.29) is 16.4 Å². The summed E-state index contributed by atoms with van der Waals surface area (Å²) in [5.41, 5.74) is 0.314. The summed E-state index contributed by atoms with van der Waals surface area (Å²) in [4.78, 5) is 37.1. The van der Waals surface area contributed by atoms with E-state index in [9.17, 15) is 19.5 Å². The number of amides is 2. The average Bonchev–Trinajstić information content (AvgIpc) is 2.84. The number of rotatable bonds is 5. The van der Waals surface area contributed by atoms with Gasteiger partial charge in [-0.3, -0.25) is 14.5 Å². The van der Waals surface area contributed by atoms with Crippen molar-refractivity contribution in [2.75, 3.05) is 13.7 Å². The molecule has 1 saturated heterocycles. The highest BCUT2D eigenvalue weighted by Crippen LogP contribution is 2.39. The summed E-state index contributed by atoms with van der Waals surface area (Å²) in [5.74, 6) is -1.19. The van der Waals surface area contributed by atoms with Crippen molar-refractivity contribution < 1.29 is 29.0 Å². The molecule has 1 aliphatic rings. The minimum Gasteiger partial charge on any atom is -0.504 e. The number of aromatic hydroxyl groups is 1. The number of hydrogen-bond acceptors (Lipinski definition) is 7. The molecule has 1 fully saturated rings. The summed E-state index contributed by atoms with van der Waals surface area (Å²) in [5, 5.41) is 9.70. The Bertz CT molecular complexity index is 763. The Balaban J connectivity index is 2.38. The van der Waals surface area contributed by atoms with E-state index in [0.29, 0.717) is 28.4 Å². The van der Waals surface area contributed by atoms with Gasteiger partial charge in [-0.1, -0.05) is 15.9 Å².